The predicted molar refractivity (Wildman–Crippen MR) is 239 cm³/mol. The molecule has 332 valence electrons. The summed E-state index contributed by atoms with van der Waals surface area (Å²) in [6.45, 7) is 12.9. The molecule has 2 atom stereocenters. The van der Waals surface area contributed by atoms with Gasteiger partial charge in [-0.3, -0.25) is 24.3 Å². The van der Waals surface area contributed by atoms with Crippen LogP contribution in [0.15, 0.2) is 59.7 Å². The van der Waals surface area contributed by atoms with Gasteiger partial charge in [-0.15, -0.1) is 0 Å². The second-order valence-electron chi connectivity index (χ2n) is 16.0. The number of anilines is 3. The Bertz CT molecular complexity index is 2310. The van der Waals surface area contributed by atoms with E-state index in [1.807, 2.05) is 50.0 Å². The molecule has 1 saturated carbocycles. The van der Waals surface area contributed by atoms with Crippen molar-refractivity contribution in [3.8, 4) is 17.6 Å². The Morgan fingerprint density at radius 3 is 2.45 bits per heavy atom. The Morgan fingerprint density at radius 2 is 1.79 bits per heavy atom. The zero-order valence-electron chi connectivity index (χ0n) is 36.1. The molecule has 4 heterocycles. The van der Waals surface area contributed by atoms with Crippen molar-refractivity contribution in [3.63, 3.8) is 0 Å². The molecule has 3 aromatic carbocycles. The summed E-state index contributed by atoms with van der Waals surface area (Å²) in [5, 5.41) is 18.6. The first-order valence-corrected chi connectivity index (χ1v) is 22.3. The predicted octanol–water partition coefficient (Wildman–Crippen LogP) is 7.52. The summed E-state index contributed by atoms with van der Waals surface area (Å²) in [7, 11) is 1.89. The number of amides is 2. The van der Waals surface area contributed by atoms with Crippen molar-refractivity contribution in [1.82, 2.24) is 24.5 Å². The Balaban J connectivity index is 0.000000219. The molecule has 0 bridgehead atoms. The van der Waals surface area contributed by atoms with Gasteiger partial charge in [0.05, 0.1) is 47.4 Å². The summed E-state index contributed by atoms with van der Waals surface area (Å²) < 4.78 is 47.6. The van der Waals surface area contributed by atoms with Gasteiger partial charge < -0.3 is 29.7 Å². The topological polar surface area (TPSA) is 166 Å². The lowest BCUT2D eigenvalue weighted by Gasteiger charge is -2.57. The number of fused-ring (bicyclic) bond motifs is 1. The van der Waals surface area contributed by atoms with Crippen LogP contribution in [0.25, 0.3) is 10.9 Å². The largest absolute Gasteiger partial charge is 0.453 e. The minimum atomic E-state index is -0.673. The van der Waals surface area contributed by atoms with Gasteiger partial charge in [0.1, 0.15) is 29.2 Å². The molecule has 0 radical (unpaired) electrons. The van der Waals surface area contributed by atoms with Crippen molar-refractivity contribution in [2.45, 2.75) is 90.8 Å². The van der Waals surface area contributed by atoms with Gasteiger partial charge >= 0.3 is 0 Å². The molecule has 62 heavy (non-hydrogen) atoms. The second-order valence-corrected chi connectivity index (χ2v) is 17.0. The van der Waals surface area contributed by atoms with Crippen molar-refractivity contribution in [1.29, 1.82) is 5.26 Å². The summed E-state index contributed by atoms with van der Waals surface area (Å²) in [6.07, 6.45) is 8.24. The van der Waals surface area contributed by atoms with Gasteiger partial charge in [-0.25, -0.2) is 18.1 Å². The van der Waals surface area contributed by atoms with Gasteiger partial charge in [-0.05, 0) is 81.8 Å². The van der Waals surface area contributed by atoms with Crippen LogP contribution in [0.1, 0.15) is 84.2 Å². The lowest BCUT2D eigenvalue weighted by molar-refractivity contribution is -0.133. The first-order chi connectivity index (χ1) is 30.0. The van der Waals surface area contributed by atoms with Crippen molar-refractivity contribution in [3.05, 3.63) is 82.4 Å². The number of hydrogen-bond donors (Lipinski definition) is 4. The molecule has 1 aromatic heterocycles. The van der Waals surface area contributed by atoms with Crippen LogP contribution in [0, 0.1) is 28.4 Å². The van der Waals surface area contributed by atoms with E-state index in [0.717, 1.165) is 45.6 Å². The van der Waals surface area contributed by atoms with E-state index in [-0.39, 0.29) is 52.4 Å². The molecule has 1 spiro atoms. The first kappa shape index (κ1) is 46.2. The van der Waals surface area contributed by atoms with E-state index in [2.05, 4.69) is 25.7 Å². The lowest BCUT2D eigenvalue weighted by Crippen LogP contribution is -2.71. The number of nitriles is 1. The van der Waals surface area contributed by atoms with Gasteiger partial charge in [0.2, 0.25) is 11.8 Å². The third-order valence-electron chi connectivity index (χ3n) is 11.5. The Hall–Kier alpha value is -5.28. The molecule has 4 fully saturated rings. The monoisotopic (exact) mass is 873 g/mol. The number of rotatable bonds is 13. The van der Waals surface area contributed by atoms with Gasteiger partial charge in [-0.1, -0.05) is 40.0 Å². The first-order valence-electron chi connectivity index (χ1n) is 21.5. The standard InChI is InChI=1S/C27H32FN5O3S.C16H19FN4O2.C2H6/c1-4-32(3)37-31-25-13-11-23(28)26(22(25)15-29)36-20-10-12-24-21(14-20)27(34)33(17-30-24)18(2)16-35-19-8-6-5-7-9-19;17-11-5-10(19-12-2-4-14(22)20-15(12)23)1-3-13(11)21-8-16(9-21)6-18-7-16;1-2/h10-14,17-19,31H,4-9,16H2,1-3H3;1,3,5,12,18-19H,2,4,6-9H2,(H,20,22,23);1-2H3. The molecule has 14 nitrogen and oxygen atoms in total. The molecule has 4 aliphatic rings. The number of benzene rings is 3. The third-order valence-corrected chi connectivity index (χ3v) is 12.4. The molecular formula is C45H57F2N9O5S. The van der Waals surface area contributed by atoms with Crippen molar-refractivity contribution >= 4 is 51.9 Å². The normalized spacial score (nSPS) is 18.6. The minimum Gasteiger partial charge on any atom is -0.453 e. The quantitative estimate of drug-likeness (QED) is 0.0771. The molecule has 8 rings (SSSR count). The number of nitrogens with one attached hydrogen (secondary N) is 4. The van der Waals surface area contributed by atoms with E-state index >= 15 is 0 Å². The molecule has 17 heteroatoms. The van der Waals surface area contributed by atoms with Gasteiger partial charge in [0.15, 0.2) is 11.6 Å². The average Bonchev–Trinajstić information content (AvgIpc) is 3.25. The van der Waals surface area contributed by atoms with Gasteiger partial charge in [-0.2, -0.15) is 5.26 Å². The Labute approximate surface area is 366 Å². The molecular weight excluding hydrogens is 817 g/mol. The average molecular weight is 874 g/mol. The highest BCUT2D eigenvalue weighted by atomic mass is 32.2. The summed E-state index contributed by atoms with van der Waals surface area (Å²) in [4.78, 5) is 42.7. The highest BCUT2D eigenvalue weighted by Crippen LogP contribution is 2.39. The number of carbonyl (C=O) groups is 2. The van der Waals surface area contributed by atoms with Crippen LogP contribution >= 0.6 is 12.1 Å². The number of piperidine rings is 1. The number of ether oxygens (including phenoxy) is 2. The number of imide groups is 1. The van der Waals surface area contributed by atoms with E-state index in [9.17, 15) is 28.4 Å². The van der Waals surface area contributed by atoms with Crippen LogP contribution < -0.4 is 35.9 Å². The van der Waals surface area contributed by atoms with E-state index in [1.165, 1.54) is 62.0 Å². The fraction of sp³-hybridized carbons (Fsp3) is 0.489. The second kappa shape index (κ2) is 21.2. The highest BCUT2D eigenvalue weighted by Gasteiger charge is 2.48. The smallest absolute Gasteiger partial charge is 0.261 e. The van der Waals surface area contributed by atoms with Crippen LogP contribution in [0.3, 0.4) is 0 Å². The summed E-state index contributed by atoms with van der Waals surface area (Å²) in [5.41, 5.74) is 2.25. The van der Waals surface area contributed by atoms with Gasteiger partial charge in [0, 0.05) is 62.4 Å². The van der Waals surface area contributed by atoms with Gasteiger partial charge in [0.25, 0.3) is 5.56 Å². The fourth-order valence-corrected chi connectivity index (χ4v) is 8.32. The van der Waals surface area contributed by atoms with Crippen molar-refractivity contribution in [2.75, 3.05) is 61.3 Å². The van der Waals surface area contributed by atoms with E-state index < -0.39 is 11.9 Å². The van der Waals surface area contributed by atoms with Crippen LogP contribution in [-0.4, -0.2) is 84.2 Å². The summed E-state index contributed by atoms with van der Waals surface area (Å²) >= 11 is 1.29. The Morgan fingerprint density at radius 1 is 1.03 bits per heavy atom. The molecule has 2 amide bonds. The number of nitrogens with zero attached hydrogens (tertiary/aromatic N) is 5. The number of carbonyl (C=O) groups excluding carboxylic acids is 2. The molecule has 1 aliphatic carbocycles. The van der Waals surface area contributed by atoms with E-state index in [1.54, 1.807) is 28.8 Å². The van der Waals surface area contributed by atoms with Crippen LogP contribution in [0.5, 0.6) is 11.5 Å². The zero-order chi connectivity index (χ0) is 44.4. The number of halogens is 2. The van der Waals surface area contributed by atoms with E-state index in [4.69, 9.17) is 9.47 Å². The Kier molecular flexibility index (Phi) is 15.8. The van der Waals surface area contributed by atoms with Crippen molar-refractivity contribution in [2.24, 2.45) is 5.41 Å². The third kappa shape index (κ3) is 11.0. The maximum absolute atomic E-state index is 14.8. The lowest BCUT2D eigenvalue weighted by atomic mass is 9.74. The van der Waals surface area contributed by atoms with Crippen molar-refractivity contribution < 1.29 is 27.8 Å². The zero-order valence-corrected chi connectivity index (χ0v) is 36.9. The minimum absolute atomic E-state index is 0.0363. The molecule has 4 aromatic rings. The van der Waals surface area contributed by atoms with Crippen LogP contribution in [0.2, 0.25) is 0 Å². The molecule has 3 aliphatic heterocycles. The highest BCUT2D eigenvalue weighted by molar-refractivity contribution is 7.98. The number of aromatic nitrogens is 2. The number of hydrogen-bond acceptors (Lipinski definition) is 13. The molecule has 4 N–H and O–H groups in total. The van der Waals surface area contributed by atoms with Crippen LogP contribution in [-0.2, 0) is 14.3 Å². The fourth-order valence-electron chi connectivity index (χ4n) is 7.76. The SMILES string of the molecule is CC.CCN(C)SNc1ccc(F)c(Oc2ccc3ncn(C(C)COC4CCCCC4)c(=O)c3c2)c1C#N.O=C1CCC(Nc2ccc(N3CC4(CNC4)C3)c(F)c2)C(=O)N1. The molecule has 3 saturated heterocycles. The molecule has 2 unspecified atom stereocenters. The maximum Gasteiger partial charge on any atom is 0.261 e. The maximum atomic E-state index is 14.8. The summed E-state index contributed by atoms with van der Waals surface area (Å²) in [5.74, 6) is -1.54. The van der Waals surface area contributed by atoms with Crippen LogP contribution in [0.4, 0.5) is 25.8 Å². The summed E-state index contributed by atoms with van der Waals surface area (Å²) in [6, 6.07) is 13.8. The van der Waals surface area contributed by atoms with E-state index in [0.29, 0.717) is 52.8 Å².